The number of aromatic nitrogens is 2. The summed E-state index contributed by atoms with van der Waals surface area (Å²) in [6, 6.07) is 9.56. The van der Waals surface area contributed by atoms with E-state index in [2.05, 4.69) is 10.3 Å². The maximum Gasteiger partial charge on any atom is 0.287 e. The summed E-state index contributed by atoms with van der Waals surface area (Å²) in [6.07, 6.45) is 3.60. The minimum atomic E-state index is -3.48. The normalized spacial score (nSPS) is 12.8. The van der Waals surface area contributed by atoms with Crippen LogP contribution >= 0.6 is 11.8 Å². The third-order valence-corrected chi connectivity index (χ3v) is 7.42. The van der Waals surface area contributed by atoms with Gasteiger partial charge in [-0.2, -0.15) is 0 Å². The quantitative estimate of drug-likeness (QED) is 0.532. The second kappa shape index (κ2) is 9.07. The summed E-state index contributed by atoms with van der Waals surface area (Å²) in [5.74, 6) is 1.14. The Hall–Kier alpha value is -2.56. The molecule has 1 amide bonds. The molecule has 0 saturated carbocycles. The first-order valence-corrected chi connectivity index (χ1v) is 11.6. The second-order valence-corrected chi connectivity index (χ2v) is 10.0. The van der Waals surface area contributed by atoms with Gasteiger partial charge in [-0.05, 0) is 36.8 Å². The van der Waals surface area contributed by atoms with Crippen LogP contribution in [0.1, 0.15) is 34.8 Å². The molecule has 160 valence electrons. The number of sulfonamides is 1. The number of nitrogens with one attached hydrogen (secondary N) is 1. The summed E-state index contributed by atoms with van der Waals surface area (Å²) < 4.78 is 33.1. The fourth-order valence-electron chi connectivity index (χ4n) is 2.69. The summed E-state index contributed by atoms with van der Waals surface area (Å²) >= 11 is 1.52. The van der Waals surface area contributed by atoms with Crippen molar-refractivity contribution in [2.24, 2.45) is 7.05 Å². The van der Waals surface area contributed by atoms with E-state index < -0.39 is 10.0 Å². The van der Waals surface area contributed by atoms with Crippen molar-refractivity contribution in [3.05, 3.63) is 65.9 Å². The number of thioether (sulfide) groups is 1. The fraction of sp³-hybridized carbons (Fsp3) is 0.300. The second-order valence-electron chi connectivity index (χ2n) is 6.93. The molecule has 1 aromatic carbocycles. The predicted octanol–water partition coefficient (Wildman–Crippen LogP) is 3.05. The number of rotatable bonds is 8. The van der Waals surface area contributed by atoms with Crippen LogP contribution in [0, 0.1) is 0 Å². The third-order valence-electron chi connectivity index (χ3n) is 4.51. The Bertz CT molecular complexity index is 1120. The van der Waals surface area contributed by atoms with E-state index in [1.165, 1.54) is 38.0 Å². The molecule has 1 N–H and O–H groups in total. The maximum absolute atomic E-state index is 12.5. The van der Waals surface area contributed by atoms with Crippen LogP contribution in [0.25, 0.3) is 0 Å². The number of hydrogen-bond acceptors (Lipinski definition) is 6. The smallest absolute Gasteiger partial charge is 0.287 e. The van der Waals surface area contributed by atoms with Gasteiger partial charge in [-0.25, -0.2) is 17.7 Å². The minimum Gasteiger partial charge on any atom is -0.455 e. The molecule has 3 rings (SSSR count). The number of nitrogens with zero attached hydrogens (tertiary/aromatic N) is 3. The van der Waals surface area contributed by atoms with E-state index in [1.54, 1.807) is 30.5 Å². The SMILES string of the molecule is CC(NC(=O)c1ccc(CSc2nccn2C)o1)c1ccc(S(=O)(=O)N(C)C)cc1. The van der Waals surface area contributed by atoms with Gasteiger partial charge >= 0.3 is 0 Å². The van der Waals surface area contributed by atoms with Crippen molar-refractivity contribution in [3.63, 3.8) is 0 Å². The largest absolute Gasteiger partial charge is 0.455 e. The Morgan fingerprint density at radius 1 is 1.23 bits per heavy atom. The molecule has 30 heavy (non-hydrogen) atoms. The summed E-state index contributed by atoms with van der Waals surface area (Å²) in [5, 5.41) is 3.74. The highest BCUT2D eigenvalue weighted by atomic mass is 32.2. The van der Waals surface area contributed by atoms with Gasteiger partial charge in [0.2, 0.25) is 10.0 Å². The topological polar surface area (TPSA) is 97.4 Å². The van der Waals surface area contributed by atoms with Gasteiger partial charge in [0.05, 0.1) is 16.7 Å². The molecule has 3 aromatic rings. The number of benzene rings is 1. The molecule has 0 spiro atoms. The van der Waals surface area contributed by atoms with Crippen LogP contribution in [-0.4, -0.2) is 42.3 Å². The first-order chi connectivity index (χ1) is 14.2. The zero-order chi connectivity index (χ0) is 21.9. The average Bonchev–Trinajstić information content (AvgIpc) is 3.35. The molecule has 0 saturated heterocycles. The van der Waals surface area contributed by atoms with Crippen LogP contribution < -0.4 is 5.32 Å². The van der Waals surface area contributed by atoms with Crippen molar-refractivity contribution in [1.29, 1.82) is 0 Å². The molecular weight excluding hydrogens is 424 g/mol. The average molecular weight is 449 g/mol. The van der Waals surface area contributed by atoms with E-state index >= 15 is 0 Å². The van der Waals surface area contributed by atoms with E-state index in [0.29, 0.717) is 11.5 Å². The van der Waals surface area contributed by atoms with E-state index in [0.717, 1.165) is 15.0 Å². The van der Waals surface area contributed by atoms with Crippen molar-refractivity contribution in [2.75, 3.05) is 14.1 Å². The standard InChI is InChI=1S/C20H24N4O4S2/c1-14(15-5-8-17(9-6-15)30(26,27)23(2)3)22-19(25)18-10-7-16(28-18)13-29-20-21-11-12-24(20)4/h5-12,14H,13H2,1-4H3,(H,22,25). The zero-order valence-electron chi connectivity index (χ0n) is 17.2. The molecule has 8 nitrogen and oxygen atoms in total. The van der Waals surface area contributed by atoms with Crippen molar-refractivity contribution in [3.8, 4) is 0 Å². The van der Waals surface area contributed by atoms with Crippen LogP contribution in [0.15, 0.2) is 63.3 Å². The highest BCUT2D eigenvalue weighted by Crippen LogP contribution is 2.23. The highest BCUT2D eigenvalue weighted by molar-refractivity contribution is 7.98. The van der Waals surface area contributed by atoms with Gasteiger partial charge in [0.15, 0.2) is 10.9 Å². The number of hydrogen-bond donors (Lipinski definition) is 1. The molecule has 10 heteroatoms. The molecule has 1 atom stereocenters. The Kier molecular flexibility index (Phi) is 6.69. The lowest BCUT2D eigenvalue weighted by Gasteiger charge is -2.15. The molecule has 0 radical (unpaired) electrons. The molecular formula is C20H24N4O4S2. The molecule has 2 heterocycles. The number of aryl methyl sites for hydroxylation is 1. The van der Waals surface area contributed by atoms with Gasteiger partial charge in [0.1, 0.15) is 5.76 Å². The fourth-order valence-corrected chi connectivity index (χ4v) is 4.42. The molecule has 1 unspecified atom stereocenters. The van der Waals surface area contributed by atoms with Crippen LogP contribution in [0.5, 0.6) is 0 Å². The van der Waals surface area contributed by atoms with E-state index in [1.807, 2.05) is 24.7 Å². The molecule has 0 fully saturated rings. The third kappa shape index (κ3) is 4.94. The predicted molar refractivity (Wildman–Crippen MR) is 115 cm³/mol. The molecule has 0 aliphatic carbocycles. The Labute approximate surface area is 180 Å². The van der Waals surface area contributed by atoms with Gasteiger partial charge in [-0.3, -0.25) is 4.79 Å². The summed E-state index contributed by atoms with van der Waals surface area (Å²) in [4.78, 5) is 17.0. The number of carbonyl (C=O) groups is 1. The van der Waals surface area contributed by atoms with Gasteiger partial charge < -0.3 is 14.3 Å². The van der Waals surface area contributed by atoms with Crippen molar-refractivity contribution < 1.29 is 17.6 Å². The highest BCUT2D eigenvalue weighted by Gasteiger charge is 2.19. The van der Waals surface area contributed by atoms with Gasteiger partial charge in [0.25, 0.3) is 5.91 Å². The number of furan rings is 1. The molecule has 0 aliphatic rings. The lowest BCUT2D eigenvalue weighted by molar-refractivity contribution is 0.0910. The van der Waals surface area contributed by atoms with Crippen LogP contribution in [-0.2, 0) is 22.8 Å². The number of amides is 1. The van der Waals surface area contributed by atoms with Crippen LogP contribution in [0.3, 0.4) is 0 Å². The van der Waals surface area contributed by atoms with Gasteiger partial charge in [-0.1, -0.05) is 23.9 Å². The van der Waals surface area contributed by atoms with Crippen LogP contribution in [0.4, 0.5) is 0 Å². The van der Waals surface area contributed by atoms with Crippen LogP contribution in [0.2, 0.25) is 0 Å². The molecule has 0 bridgehead atoms. The van der Waals surface area contributed by atoms with Gasteiger partial charge in [-0.15, -0.1) is 0 Å². The van der Waals surface area contributed by atoms with Crippen molar-refractivity contribution in [2.45, 2.75) is 28.8 Å². The van der Waals surface area contributed by atoms with E-state index in [4.69, 9.17) is 4.42 Å². The first kappa shape index (κ1) is 22.1. The Balaban J connectivity index is 1.60. The number of carbonyl (C=O) groups excluding carboxylic acids is 1. The molecule has 2 aromatic heterocycles. The summed E-state index contributed by atoms with van der Waals surface area (Å²) in [7, 11) is 1.40. The number of imidazole rings is 1. The Morgan fingerprint density at radius 3 is 2.53 bits per heavy atom. The minimum absolute atomic E-state index is 0.204. The summed E-state index contributed by atoms with van der Waals surface area (Å²) in [6.45, 7) is 1.83. The van der Waals surface area contributed by atoms with Crippen molar-refractivity contribution in [1.82, 2.24) is 19.2 Å². The lowest BCUT2D eigenvalue weighted by Crippen LogP contribution is -2.26. The Morgan fingerprint density at radius 2 is 1.93 bits per heavy atom. The van der Waals surface area contributed by atoms with E-state index in [9.17, 15) is 13.2 Å². The maximum atomic E-state index is 12.5. The van der Waals surface area contributed by atoms with Gasteiger partial charge in [0, 0.05) is 33.5 Å². The van der Waals surface area contributed by atoms with Crippen molar-refractivity contribution >= 4 is 27.7 Å². The lowest BCUT2D eigenvalue weighted by atomic mass is 10.1. The monoisotopic (exact) mass is 448 g/mol. The first-order valence-electron chi connectivity index (χ1n) is 9.20. The molecule has 0 aliphatic heterocycles. The van der Waals surface area contributed by atoms with E-state index in [-0.39, 0.29) is 22.6 Å². The summed E-state index contributed by atoms with van der Waals surface area (Å²) in [5.41, 5.74) is 0.790. The zero-order valence-corrected chi connectivity index (χ0v) is 18.8.